The first-order chi connectivity index (χ1) is 15.4. The molecule has 1 N–H and O–H groups in total. The predicted molar refractivity (Wildman–Crippen MR) is 124 cm³/mol. The number of rotatable bonds is 8. The predicted octanol–water partition coefficient (Wildman–Crippen LogP) is 4.37. The van der Waals surface area contributed by atoms with Crippen LogP contribution in [0.3, 0.4) is 0 Å². The first-order valence-electron chi connectivity index (χ1n) is 11.2. The highest BCUT2D eigenvalue weighted by atomic mass is 16.5. The van der Waals surface area contributed by atoms with E-state index in [1.165, 1.54) is 22.0 Å². The molecule has 1 amide bonds. The van der Waals surface area contributed by atoms with Crippen LogP contribution >= 0.6 is 0 Å². The Bertz CT molecular complexity index is 1160. The van der Waals surface area contributed by atoms with Crippen LogP contribution in [0, 0.1) is 5.92 Å². The van der Waals surface area contributed by atoms with Crippen molar-refractivity contribution in [2.75, 3.05) is 20.7 Å². The van der Waals surface area contributed by atoms with Gasteiger partial charge in [-0.25, -0.2) is 4.79 Å². The number of carboxylic acid groups (broad SMARTS) is 1. The molecule has 168 valence electrons. The lowest BCUT2D eigenvalue weighted by Gasteiger charge is -2.11. The van der Waals surface area contributed by atoms with E-state index in [1.807, 2.05) is 18.0 Å². The second kappa shape index (κ2) is 9.07. The molecule has 0 radical (unpaired) electrons. The van der Waals surface area contributed by atoms with Gasteiger partial charge in [-0.1, -0.05) is 19.1 Å². The van der Waals surface area contributed by atoms with Crippen LogP contribution in [0.2, 0.25) is 0 Å². The lowest BCUT2D eigenvalue weighted by Crippen LogP contribution is -2.23. The molecule has 6 heteroatoms. The summed E-state index contributed by atoms with van der Waals surface area (Å²) in [7, 11) is 3.44. The Morgan fingerprint density at radius 1 is 1.19 bits per heavy atom. The van der Waals surface area contributed by atoms with Gasteiger partial charge in [0.15, 0.2) is 0 Å². The molecule has 6 nitrogen and oxygen atoms in total. The number of methoxy groups -OCH3 is 1. The second-order valence-electron chi connectivity index (χ2n) is 8.66. The van der Waals surface area contributed by atoms with Crippen molar-refractivity contribution >= 4 is 22.8 Å². The number of fused-ring (bicyclic) bond motifs is 1. The molecule has 0 bridgehead atoms. The molecule has 0 saturated carbocycles. The van der Waals surface area contributed by atoms with Gasteiger partial charge < -0.3 is 19.3 Å². The number of amides is 1. The summed E-state index contributed by atoms with van der Waals surface area (Å²) >= 11 is 0. The standard InChI is InChI=1S/C26H30N2O4/c1-4-10-28-16-21(14-18-6-7-20(26(30)31)15-24(18)32-3)22-13-17(5-8-23(22)28)12-19-9-11-27(2)25(19)29/h5-8,13,15-16,19H,4,9-12,14H2,1-3H3,(H,30,31). The average Bonchev–Trinajstić information content (AvgIpc) is 3.28. The smallest absolute Gasteiger partial charge is 0.335 e. The van der Waals surface area contributed by atoms with Crippen LogP contribution in [0.15, 0.2) is 42.6 Å². The molecule has 1 aliphatic heterocycles. The van der Waals surface area contributed by atoms with E-state index in [9.17, 15) is 14.7 Å². The van der Waals surface area contributed by atoms with Crippen molar-refractivity contribution in [1.29, 1.82) is 0 Å². The molecule has 1 unspecified atom stereocenters. The third-order valence-electron chi connectivity index (χ3n) is 6.43. The van der Waals surface area contributed by atoms with Crippen molar-refractivity contribution < 1.29 is 19.4 Å². The quantitative estimate of drug-likeness (QED) is 0.571. The number of aryl methyl sites for hydroxylation is 1. The Balaban J connectivity index is 1.70. The van der Waals surface area contributed by atoms with Crippen LogP contribution in [0.1, 0.15) is 46.8 Å². The topological polar surface area (TPSA) is 71.8 Å². The average molecular weight is 435 g/mol. The normalized spacial score (nSPS) is 16.2. The van der Waals surface area contributed by atoms with E-state index in [1.54, 1.807) is 19.2 Å². The first-order valence-corrected chi connectivity index (χ1v) is 11.2. The number of benzene rings is 2. The van der Waals surface area contributed by atoms with Gasteiger partial charge in [0.05, 0.1) is 12.7 Å². The zero-order valence-electron chi connectivity index (χ0n) is 18.9. The highest BCUT2D eigenvalue weighted by molar-refractivity contribution is 5.89. The third-order valence-corrected chi connectivity index (χ3v) is 6.43. The van der Waals surface area contributed by atoms with Gasteiger partial charge in [-0.2, -0.15) is 0 Å². The van der Waals surface area contributed by atoms with Gasteiger partial charge >= 0.3 is 5.97 Å². The number of hydrogen-bond donors (Lipinski definition) is 1. The highest BCUT2D eigenvalue weighted by Gasteiger charge is 2.29. The Kier molecular flexibility index (Phi) is 6.21. The van der Waals surface area contributed by atoms with Crippen molar-refractivity contribution in [1.82, 2.24) is 9.47 Å². The van der Waals surface area contributed by atoms with Crippen molar-refractivity contribution in [3.8, 4) is 5.75 Å². The van der Waals surface area contributed by atoms with Gasteiger partial charge in [-0.05, 0) is 60.2 Å². The number of ether oxygens (including phenoxy) is 1. The van der Waals surface area contributed by atoms with Crippen LogP contribution in [-0.4, -0.2) is 47.2 Å². The minimum Gasteiger partial charge on any atom is -0.496 e. The van der Waals surface area contributed by atoms with Gasteiger partial charge in [0.25, 0.3) is 0 Å². The summed E-state index contributed by atoms with van der Waals surface area (Å²) in [5.74, 6) is -0.0948. The summed E-state index contributed by atoms with van der Waals surface area (Å²) in [5, 5.41) is 10.5. The maximum atomic E-state index is 12.4. The monoisotopic (exact) mass is 434 g/mol. The van der Waals surface area contributed by atoms with Crippen molar-refractivity contribution in [2.45, 2.75) is 39.2 Å². The summed E-state index contributed by atoms with van der Waals surface area (Å²) in [6.45, 7) is 3.92. The Labute approximate surface area is 188 Å². The number of carbonyl (C=O) groups excluding carboxylic acids is 1. The van der Waals surface area contributed by atoms with Gasteiger partial charge in [0.1, 0.15) is 5.75 Å². The largest absolute Gasteiger partial charge is 0.496 e. The lowest BCUT2D eigenvalue weighted by molar-refractivity contribution is -0.129. The lowest BCUT2D eigenvalue weighted by atomic mass is 9.95. The summed E-state index contributed by atoms with van der Waals surface area (Å²) in [6, 6.07) is 11.6. The van der Waals surface area contributed by atoms with E-state index >= 15 is 0 Å². The fraction of sp³-hybridized carbons (Fsp3) is 0.385. The van der Waals surface area contributed by atoms with Crippen LogP contribution in [0.4, 0.5) is 0 Å². The second-order valence-corrected chi connectivity index (χ2v) is 8.66. The highest BCUT2D eigenvalue weighted by Crippen LogP contribution is 2.31. The van der Waals surface area contributed by atoms with E-state index in [0.717, 1.165) is 37.9 Å². The van der Waals surface area contributed by atoms with Gasteiger partial charge in [-0.3, -0.25) is 4.79 Å². The molecule has 1 atom stereocenters. The van der Waals surface area contributed by atoms with Gasteiger partial charge in [0.2, 0.25) is 5.91 Å². The Morgan fingerprint density at radius 2 is 2.00 bits per heavy atom. The number of likely N-dealkylation sites (tertiary alicyclic amines) is 1. The third kappa shape index (κ3) is 4.22. The molecular formula is C26H30N2O4. The van der Waals surface area contributed by atoms with E-state index in [2.05, 4.69) is 35.9 Å². The number of hydrogen-bond acceptors (Lipinski definition) is 3. The molecule has 2 aromatic carbocycles. The fourth-order valence-electron chi connectivity index (χ4n) is 4.71. The van der Waals surface area contributed by atoms with Crippen LogP contribution in [-0.2, 0) is 24.2 Å². The van der Waals surface area contributed by atoms with Crippen molar-refractivity contribution in [2.24, 2.45) is 5.92 Å². The minimum absolute atomic E-state index is 0.0577. The number of nitrogens with zero attached hydrogens (tertiary/aromatic N) is 2. The molecule has 1 saturated heterocycles. The van der Waals surface area contributed by atoms with Crippen LogP contribution < -0.4 is 4.74 Å². The zero-order chi connectivity index (χ0) is 22.8. The van der Waals surface area contributed by atoms with E-state index in [-0.39, 0.29) is 17.4 Å². The zero-order valence-corrected chi connectivity index (χ0v) is 18.9. The SMILES string of the molecule is CCCn1cc(Cc2ccc(C(=O)O)cc2OC)c2cc(CC3CCN(C)C3=O)ccc21. The first kappa shape index (κ1) is 21.9. The summed E-state index contributed by atoms with van der Waals surface area (Å²) < 4.78 is 7.78. The molecule has 1 fully saturated rings. The number of aromatic carboxylic acids is 1. The molecule has 3 aromatic rings. The van der Waals surface area contributed by atoms with Gasteiger partial charge in [-0.15, -0.1) is 0 Å². The maximum Gasteiger partial charge on any atom is 0.335 e. The van der Waals surface area contributed by atoms with E-state index in [0.29, 0.717) is 12.2 Å². The fourth-order valence-corrected chi connectivity index (χ4v) is 4.71. The van der Waals surface area contributed by atoms with Gasteiger partial charge in [0, 0.05) is 49.6 Å². The number of aromatic nitrogens is 1. The number of carboxylic acids is 1. The van der Waals surface area contributed by atoms with E-state index in [4.69, 9.17) is 4.74 Å². The van der Waals surface area contributed by atoms with E-state index < -0.39 is 5.97 Å². The molecule has 1 aromatic heterocycles. The Morgan fingerprint density at radius 3 is 2.66 bits per heavy atom. The summed E-state index contributed by atoms with van der Waals surface area (Å²) in [5.41, 5.74) is 4.70. The minimum atomic E-state index is -0.967. The molecule has 2 heterocycles. The van der Waals surface area contributed by atoms with Crippen molar-refractivity contribution in [3.63, 3.8) is 0 Å². The molecule has 1 aliphatic rings. The summed E-state index contributed by atoms with van der Waals surface area (Å²) in [4.78, 5) is 25.5. The molecule has 0 spiro atoms. The van der Waals surface area contributed by atoms with Crippen LogP contribution in [0.5, 0.6) is 5.75 Å². The molecule has 32 heavy (non-hydrogen) atoms. The number of carbonyl (C=O) groups is 2. The molecule has 0 aliphatic carbocycles. The summed E-state index contributed by atoms with van der Waals surface area (Å²) in [6.07, 6.45) is 5.53. The Hall–Kier alpha value is -3.28. The molecular weight excluding hydrogens is 404 g/mol. The maximum absolute atomic E-state index is 12.4. The molecule has 4 rings (SSSR count). The van der Waals surface area contributed by atoms with Crippen molar-refractivity contribution in [3.05, 3.63) is 64.8 Å². The van der Waals surface area contributed by atoms with Crippen LogP contribution in [0.25, 0.3) is 10.9 Å².